The monoisotopic (exact) mass is 202 g/mol. The van der Waals surface area contributed by atoms with Crippen LogP contribution in [0.2, 0.25) is 0 Å². The van der Waals surface area contributed by atoms with Gasteiger partial charge >= 0.3 is 0 Å². The van der Waals surface area contributed by atoms with E-state index in [-0.39, 0.29) is 0 Å². The van der Waals surface area contributed by atoms with E-state index in [0.717, 1.165) is 13.1 Å². The van der Waals surface area contributed by atoms with Crippen molar-refractivity contribution in [3.63, 3.8) is 0 Å². The Kier molecular flexibility index (Phi) is 2.25. The summed E-state index contributed by atoms with van der Waals surface area (Å²) >= 11 is 0. The van der Waals surface area contributed by atoms with Gasteiger partial charge in [0.05, 0.1) is 11.4 Å². The smallest absolute Gasteiger partial charge is 0.139 e. The van der Waals surface area contributed by atoms with Gasteiger partial charge in [0.1, 0.15) is 6.67 Å². The van der Waals surface area contributed by atoms with E-state index in [0.29, 0.717) is 6.04 Å². The van der Waals surface area contributed by atoms with E-state index in [4.69, 9.17) is 0 Å². The molecule has 2 N–H and O–H groups in total. The molecule has 0 atom stereocenters. The maximum absolute atomic E-state index is 3.40. The van der Waals surface area contributed by atoms with Crippen LogP contribution in [0.3, 0.4) is 0 Å². The Morgan fingerprint density at radius 1 is 1.13 bits per heavy atom. The normalized spacial score (nSPS) is 21.2. The second-order valence-corrected chi connectivity index (χ2v) is 4.18. The molecule has 79 valence electrons. The largest absolute Gasteiger partial charge is 0.360 e. The summed E-state index contributed by atoms with van der Waals surface area (Å²) in [6, 6.07) is 9.16. The average Bonchev–Trinajstić information content (AvgIpc) is 2.74. The lowest BCUT2D eigenvalue weighted by molar-refractivity contribution is 0.446. The van der Waals surface area contributed by atoms with Gasteiger partial charge in [-0.1, -0.05) is 12.1 Å². The molecule has 0 saturated carbocycles. The predicted octanol–water partition coefficient (Wildman–Crippen LogP) is 1.79. The maximum Gasteiger partial charge on any atom is 0.139 e. The van der Waals surface area contributed by atoms with Crippen molar-refractivity contribution in [1.29, 1.82) is 0 Å². The van der Waals surface area contributed by atoms with Gasteiger partial charge in [-0.05, 0) is 38.1 Å². The molecule has 0 unspecified atom stereocenters. The summed E-state index contributed by atoms with van der Waals surface area (Å²) in [4.78, 5) is 2.39. The van der Waals surface area contributed by atoms with Gasteiger partial charge in [-0.2, -0.15) is 0 Å². The summed E-state index contributed by atoms with van der Waals surface area (Å²) in [5, 5.41) is 6.73. The first-order chi connectivity index (χ1) is 7.45. The molecule has 1 radical (unpaired) electrons. The standard InChI is InChI=1S/C12H16N3/c1-2-4-12-11(3-1)14-9-15(12)10-5-7-13-8-6-10/h1-4,9-10,13-14H,5-8H2. The molecule has 2 aliphatic rings. The highest BCUT2D eigenvalue weighted by molar-refractivity contribution is 5.77. The molecule has 15 heavy (non-hydrogen) atoms. The number of piperidine rings is 1. The quantitative estimate of drug-likeness (QED) is 0.727. The maximum atomic E-state index is 3.40. The van der Waals surface area contributed by atoms with E-state index in [1.54, 1.807) is 0 Å². The first kappa shape index (κ1) is 9.04. The SMILES string of the molecule is [CH]1Nc2ccccc2N1C1CCNCC1. The molecule has 1 aromatic carbocycles. The number of fused-ring (bicyclic) bond motifs is 1. The minimum atomic E-state index is 0.655. The van der Waals surface area contributed by atoms with E-state index in [9.17, 15) is 0 Å². The van der Waals surface area contributed by atoms with Crippen LogP contribution < -0.4 is 15.5 Å². The van der Waals surface area contributed by atoms with Crippen molar-refractivity contribution in [1.82, 2.24) is 5.32 Å². The van der Waals surface area contributed by atoms with Gasteiger partial charge < -0.3 is 15.5 Å². The van der Waals surface area contributed by atoms with Crippen LogP contribution in [0, 0.1) is 6.67 Å². The zero-order valence-electron chi connectivity index (χ0n) is 8.74. The Morgan fingerprint density at radius 3 is 2.80 bits per heavy atom. The van der Waals surface area contributed by atoms with Crippen LogP contribution in [-0.4, -0.2) is 19.1 Å². The van der Waals surface area contributed by atoms with E-state index >= 15 is 0 Å². The van der Waals surface area contributed by atoms with Crippen LogP contribution in [0.25, 0.3) is 0 Å². The fourth-order valence-corrected chi connectivity index (χ4v) is 2.42. The number of para-hydroxylation sites is 2. The van der Waals surface area contributed by atoms with Gasteiger partial charge in [0, 0.05) is 6.04 Å². The summed E-state index contributed by atoms with van der Waals surface area (Å²) in [5.41, 5.74) is 2.56. The second kappa shape index (κ2) is 3.74. The Morgan fingerprint density at radius 2 is 1.93 bits per heavy atom. The second-order valence-electron chi connectivity index (χ2n) is 4.18. The van der Waals surface area contributed by atoms with Crippen molar-refractivity contribution >= 4 is 11.4 Å². The minimum absolute atomic E-state index is 0.655. The van der Waals surface area contributed by atoms with Gasteiger partial charge in [0.15, 0.2) is 0 Å². The van der Waals surface area contributed by atoms with Gasteiger partial charge in [0.2, 0.25) is 0 Å². The molecule has 0 aliphatic carbocycles. The van der Waals surface area contributed by atoms with Crippen LogP contribution in [0.1, 0.15) is 12.8 Å². The zero-order valence-corrected chi connectivity index (χ0v) is 8.74. The molecule has 3 heteroatoms. The van der Waals surface area contributed by atoms with Crippen LogP contribution >= 0.6 is 0 Å². The Bertz CT molecular complexity index is 344. The van der Waals surface area contributed by atoms with Crippen molar-refractivity contribution in [2.45, 2.75) is 18.9 Å². The lowest BCUT2D eigenvalue weighted by Crippen LogP contribution is -2.41. The molecular formula is C12H16N3. The molecule has 3 nitrogen and oxygen atoms in total. The molecule has 2 aliphatic heterocycles. The van der Waals surface area contributed by atoms with Crippen LogP contribution in [0.4, 0.5) is 11.4 Å². The number of rotatable bonds is 1. The fourth-order valence-electron chi connectivity index (χ4n) is 2.42. The summed E-state index contributed by atoms with van der Waals surface area (Å²) in [6.07, 6.45) is 2.46. The number of hydrogen-bond donors (Lipinski definition) is 2. The van der Waals surface area contributed by atoms with E-state index < -0.39 is 0 Å². The zero-order chi connectivity index (χ0) is 10.1. The van der Waals surface area contributed by atoms with Crippen molar-refractivity contribution in [2.24, 2.45) is 0 Å². The molecule has 1 saturated heterocycles. The van der Waals surface area contributed by atoms with Crippen molar-refractivity contribution in [2.75, 3.05) is 23.3 Å². The highest BCUT2D eigenvalue weighted by Gasteiger charge is 2.26. The number of benzene rings is 1. The fraction of sp³-hybridized carbons (Fsp3) is 0.417. The predicted molar refractivity (Wildman–Crippen MR) is 62.7 cm³/mol. The first-order valence-corrected chi connectivity index (χ1v) is 5.63. The molecule has 0 spiro atoms. The third kappa shape index (κ3) is 1.57. The van der Waals surface area contributed by atoms with Gasteiger partial charge in [-0.25, -0.2) is 0 Å². The van der Waals surface area contributed by atoms with E-state index in [1.165, 1.54) is 24.2 Å². The topological polar surface area (TPSA) is 27.3 Å². The van der Waals surface area contributed by atoms with Crippen LogP contribution in [0.5, 0.6) is 0 Å². The highest BCUT2D eigenvalue weighted by atomic mass is 15.3. The molecule has 1 fully saturated rings. The lowest BCUT2D eigenvalue weighted by Gasteiger charge is -2.32. The third-order valence-corrected chi connectivity index (χ3v) is 3.24. The molecule has 1 aromatic rings. The number of nitrogens with one attached hydrogen (secondary N) is 2. The van der Waals surface area contributed by atoms with E-state index in [1.807, 2.05) is 0 Å². The Balaban J connectivity index is 1.83. The van der Waals surface area contributed by atoms with Gasteiger partial charge in [-0.3, -0.25) is 0 Å². The molecule has 0 amide bonds. The summed E-state index contributed by atoms with van der Waals surface area (Å²) in [5.74, 6) is 0. The van der Waals surface area contributed by atoms with Crippen molar-refractivity contribution in [3.05, 3.63) is 30.9 Å². The highest BCUT2D eigenvalue weighted by Crippen LogP contribution is 2.35. The van der Waals surface area contributed by atoms with Crippen LogP contribution in [-0.2, 0) is 0 Å². The van der Waals surface area contributed by atoms with Crippen molar-refractivity contribution < 1.29 is 0 Å². The molecular weight excluding hydrogens is 186 g/mol. The number of nitrogens with zero attached hydrogens (tertiary/aromatic N) is 1. The number of hydrogen-bond acceptors (Lipinski definition) is 3. The Labute approximate surface area is 90.5 Å². The molecule has 3 rings (SSSR count). The Hall–Kier alpha value is -1.22. The average molecular weight is 202 g/mol. The van der Waals surface area contributed by atoms with Crippen LogP contribution in [0.15, 0.2) is 24.3 Å². The molecule has 2 heterocycles. The summed E-state index contributed by atoms with van der Waals surface area (Å²) in [7, 11) is 0. The molecule has 0 bridgehead atoms. The lowest BCUT2D eigenvalue weighted by atomic mass is 10.0. The van der Waals surface area contributed by atoms with Gasteiger partial charge in [-0.15, -0.1) is 0 Å². The summed E-state index contributed by atoms with van der Waals surface area (Å²) in [6.45, 7) is 4.38. The number of anilines is 2. The minimum Gasteiger partial charge on any atom is -0.360 e. The van der Waals surface area contributed by atoms with E-state index in [2.05, 4.69) is 46.5 Å². The summed E-state index contributed by atoms with van der Waals surface area (Å²) < 4.78 is 0. The molecule has 0 aromatic heterocycles. The third-order valence-electron chi connectivity index (χ3n) is 3.24. The first-order valence-electron chi connectivity index (χ1n) is 5.63. The van der Waals surface area contributed by atoms with Gasteiger partial charge in [0.25, 0.3) is 0 Å². The van der Waals surface area contributed by atoms with Crippen molar-refractivity contribution in [3.8, 4) is 0 Å².